The molecule has 1 aromatic rings. The molecule has 5 nitrogen and oxygen atoms in total. The molecule has 0 saturated carbocycles. The maximum absolute atomic E-state index is 6.02. The van der Waals surface area contributed by atoms with Crippen LogP contribution >= 0.6 is 0 Å². The number of aliphatic imine (C=N–C) groups is 2. The molecule has 5 heteroatoms. The molecule has 2 rings (SSSR count). The van der Waals surface area contributed by atoms with E-state index in [9.17, 15) is 0 Å². The Morgan fingerprint density at radius 3 is 2.50 bits per heavy atom. The summed E-state index contributed by atoms with van der Waals surface area (Å²) < 4.78 is 0. The number of hydrogen-bond donors (Lipinski definition) is 2. The van der Waals surface area contributed by atoms with Gasteiger partial charge in [0.25, 0.3) is 0 Å². The van der Waals surface area contributed by atoms with E-state index in [4.69, 9.17) is 11.5 Å². The lowest BCUT2D eigenvalue weighted by molar-refractivity contribution is 0.439. The zero-order valence-electron chi connectivity index (χ0n) is 10.8. The molecule has 0 radical (unpaired) electrons. The van der Waals surface area contributed by atoms with Crippen LogP contribution in [-0.4, -0.2) is 17.6 Å². The first kappa shape index (κ1) is 12.4. The highest BCUT2D eigenvalue weighted by molar-refractivity contribution is 6.05. The maximum atomic E-state index is 6.02. The van der Waals surface area contributed by atoms with Gasteiger partial charge in [-0.25, -0.2) is 4.99 Å². The van der Waals surface area contributed by atoms with Crippen LogP contribution < -0.4 is 16.4 Å². The summed E-state index contributed by atoms with van der Waals surface area (Å²) in [6.07, 6.45) is 1.85. The third kappa shape index (κ3) is 2.16. The summed E-state index contributed by atoms with van der Waals surface area (Å²) in [4.78, 5) is 10.5. The summed E-state index contributed by atoms with van der Waals surface area (Å²) >= 11 is 0. The zero-order valence-corrected chi connectivity index (χ0v) is 10.8. The summed E-state index contributed by atoms with van der Waals surface area (Å²) in [6.45, 7) is 4.14. The number of nitrogens with zero attached hydrogens (tertiary/aromatic N) is 3. The Balaban J connectivity index is 2.46. The monoisotopic (exact) mass is 245 g/mol. The summed E-state index contributed by atoms with van der Waals surface area (Å²) in [5, 5.41) is 0. The molecule has 1 atom stereocenters. The lowest BCUT2D eigenvalue weighted by Crippen LogP contribution is -2.55. The number of nitrogens with two attached hydrogens (primary N) is 2. The quantitative estimate of drug-likeness (QED) is 0.849. The lowest BCUT2D eigenvalue weighted by atomic mass is 10.0. The number of hydrogen-bond acceptors (Lipinski definition) is 5. The van der Waals surface area contributed by atoms with E-state index in [0.29, 0.717) is 5.96 Å². The molecular weight excluding hydrogens is 226 g/mol. The van der Waals surface area contributed by atoms with Crippen LogP contribution in [0.2, 0.25) is 0 Å². The molecule has 1 aliphatic rings. The highest BCUT2D eigenvalue weighted by Gasteiger charge is 2.36. The summed E-state index contributed by atoms with van der Waals surface area (Å²) in [7, 11) is 0. The van der Waals surface area contributed by atoms with Crippen molar-refractivity contribution >= 4 is 17.6 Å². The minimum Gasteiger partial charge on any atom is -0.369 e. The fourth-order valence-electron chi connectivity index (χ4n) is 2.36. The van der Waals surface area contributed by atoms with E-state index < -0.39 is 5.66 Å². The standard InChI is InChI=1S/C13H19N5/c1-3-9-13(2)17-11(14)16-12(15)18(13)10-7-5-4-6-8-10/h4-8H,3,9H2,1-2H3,(H4,14,15,16,17). The average Bonchev–Trinajstić information content (AvgIpc) is 2.28. The van der Waals surface area contributed by atoms with Gasteiger partial charge in [0.2, 0.25) is 11.9 Å². The van der Waals surface area contributed by atoms with Crippen LogP contribution in [-0.2, 0) is 0 Å². The minimum atomic E-state index is -0.466. The summed E-state index contributed by atoms with van der Waals surface area (Å²) in [6, 6.07) is 9.89. The van der Waals surface area contributed by atoms with Gasteiger partial charge in [0.05, 0.1) is 0 Å². The van der Waals surface area contributed by atoms with E-state index in [1.165, 1.54) is 0 Å². The third-order valence-corrected chi connectivity index (χ3v) is 3.03. The summed E-state index contributed by atoms with van der Waals surface area (Å²) in [5.41, 5.74) is 12.3. The highest BCUT2D eigenvalue weighted by atomic mass is 15.4. The van der Waals surface area contributed by atoms with Gasteiger partial charge >= 0.3 is 0 Å². The van der Waals surface area contributed by atoms with Crippen LogP contribution in [0.5, 0.6) is 0 Å². The van der Waals surface area contributed by atoms with Crippen molar-refractivity contribution in [2.24, 2.45) is 21.5 Å². The Kier molecular flexibility index (Phi) is 3.23. The fourth-order valence-corrected chi connectivity index (χ4v) is 2.36. The Morgan fingerprint density at radius 1 is 1.22 bits per heavy atom. The fraction of sp³-hybridized carbons (Fsp3) is 0.385. The van der Waals surface area contributed by atoms with E-state index in [-0.39, 0.29) is 5.96 Å². The molecular formula is C13H19N5. The molecule has 1 unspecified atom stereocenters. The second-order valence-corrected chi connectivity index (χ2v) is 4.58. The first-order chi connectivity index (χ1) is 8.57. The molecule has 0 amide bonds. The van der Waals surface area contributed by atoms with Crippen molar-refractivity contribution < 1.29 is 0 Å². The normalized spacial score (nSPS) is 23.6. The molecule has 1 aliphatic heterocycles. The largest absolute Gasteiger partial charge is 0.369 e. The minimum absolute atomic E-state index is 0.246. The van der Waals surface area contributed by atoms with Gasteiger partial charge in [-0.05, 0) is 25.5 Å². The molecule has 4 N–H and O–H groups in total. The number of guanidine groups is 2. The second-order valence-electron chi connectivity index (χ2n) is 4.58. The number of benzene rings is 1. The van der Waals surface area contributed by atoms with Crippen LogP contribution in [0.25, 0.3) is 0 Å². The van der Waals surface area contributed by atoms with Crippen LogP contribution in [0.1, 0.15) is 26.7 Å². The molecule has 1 aromatic carbocycles. The van der Waals surface area contributed by atoms with E-state index in [1.807, 2.05) is 42.2 Å². The van der Waals surface area contributed by atoms with Gasteiger partial charge < -0.3 is 11.5 Å². The third-order valence-electron chi connectivity index (χ3n) is 3.03. The lowest BCUT2D eigenvalue weighted by Gasteiger charge is -2.41. The predicted octanol–water partition coefficient (Wildman–Crippen LogP) is 1.65. The van der Waals surface area contributed by atoms with Crippen molar-refractivity contribution in [2.75, 3.05) is 4.90 Å². The van der Waals surface area contributed by atoms with Gasteiger partial charge in [-0.1, -0.05) is 31.5 Å². The summed E-state index contributed by atoms with van der Waals surface area (Å²) in [5.74, 6) is 0.639. The van der Waals surface area contributed by atoms with Crippen LogP contribution in [0.15, 0.2) is 40.3 Å². The Morgan fingerprint density at radius 2 is 1.89 bits per heavy atom. The van der Waals surface area contributed by atoms with Crippen molar-refractivity contribution in [3.8, 4) is 0 Å². The van der Waals surface area contributed by atoms with Crippen molar-refractivity contribution in [2.45, 2.75) is 32.4 Å². The van der Waals surface area contributed by atoms with E-state index in [2.05, 4.69) is 16.9 Å². The first-order valence-corrected chi connectivity index (χ1v) is 6.11. The van der Waals surface area contributed by atoms with Crippen LogP contribution in [0.3, 0.4) is 0 Å². The average molecular weight is 245 g/mol. The van der Waals surface area contributed by atoms with Gasteiger partial charge in [0.1, 0.15) is 5.66 Å². The highest BCUT2D eigenvalue weighted by Crippen LogP contribution is 2.30. The molecule has 96 valence electrons. The number of para-hydroxylation sites is 1. The first-order valence-electron chi connectivity index (χ1n) is 6.11. The van der Waals surface area contributed by atoms with Crippen LogP contribution in [0, 0.1) is 0 Å². The topological polar surface area (TPSA) is 80.0 Å². The van der Waals surface area contributed by atoms with Crippen molar-refractivity contribution in [1.29, 1.82) is 0 Å². The van der Waals surface area contributed by atoms with Gasteiger partial charge in [-0.2, -0.15) is 4.99 Å². The molecule has 0 saturated heterocycles. The van der Waals surface area contributed by atoms with Crippen molar-refractivity contribution in [3.05, 3.63) is 30.3 Å². The van der Waals surface area contributed by atoms with E-state index in [0.717, 1.165) is 18.5 Å². The van der Waals surface area contributed by atoms with Crippen molar-refractivity contribution in [1.82, 2.24) is 0 Å². The van der Waals surface area contributed by atoms with E-state index in [1.54, 1.807) is 0 Å². The zero-order chi connectivity index (χ0) is 13.2. The second kappa shape index (κ2) is 4.68. The maximum Gasteiger partial charge on any atom is 0.220 e. The van der Waals surface area contributed by atoms with Crippen LogP contribution in [0.4, 0.5) is 5.69 Å². The smallest absolute Gasteiger partial charge is 0.220 e. The molecule has 0 aromatic heterocycles. The Labute approximate surface area is 107 Å². The van der Waals surface area contributed by atoms with E-state index >= 15 is 0 Å². The van der Waals surface area contributed by atoms with Gasteiger partial charge in [0, 0.05) is 5.69 Å². The molecule has 0 spiro atoms. The predicted molar refractivity (Wildman–Crippen MR) is 75.5 cm³/mol. The Hall–Kier alpha value is -2.04. The molecule has 0 aliphatic carbocycles. The number of rotatable bonds is 3. The Bertz CT molecular complexity index is 479. The number of anilines is 1. The van der Waals surface area contributed by atoms with Gasteiger partial charge in [0.15, 0.2) is 0 Å². The SMILES string of the molecule is CCCC1(C)N=C(N)N=C(N)N1c1ccccc1. The molecule has 1 heterocycles. The molecule has 0 fully saturated rings. The van der Waals surface area contributed by atoms with Gasteiger partial charge in [-0.15, -0.1) is 0 Å². The molecule has 0 bridgehead atoms. The van der Waals surface area contributed by atoms with Gasteiger partial charge in [-0.3, -0.25) is 4.90 Å². The van der Waals surface area contributed by atoms with Crippen molar-refractivity contribution in [3.63, 3.8) is 0 Å². The molecule has 18 heavy (non-hydrogen) atoms.